The Kier molecular flexibility index (Phi) is 6.38. The molecule has 1 saturated heterocycles. The third kappa shape index (κ3) is 5.30. The highest BCUT2D eigenvalue weighted by atomic mass is 35.5. The predicted octanol–water partition coefficient (Wildman–Crippen LogP) is 3.27. The molecular weight excluding hydrogens is 386 g/mol. The van der Waals surface area contributed by atoms with Gasteiger partial charge in [0.1, 0.15) is 5.75 Å². The van der Waals surface area contributed by atoms with Crippen molar-refractivity contribution in [3.63, 3.8) is 0 Å². The first kappa shape index (κ1) is 20.2. The van der Waals surface area contributed by atoms with Gasteiger partial charge in [-0.25, -0.2) is 0 Å². The molecule has 2 aromatic rings. The third-order valence-corrected chi connectivity index (χ3v) is 5.99. The lowest BCUT2D eigenvalue weighted by atomic mass is 10.1. The molecule has 0 spiro atoms. The van der Waals surface area contributed by atoms with Crippen molar-refractivity contribution in [3.8, 4) is 5.75 Å². The van der Waals surface area contributed by atoms with Crippen LogP contribution in [0.25, 0.3) is 0 Å². The molecule has 1 amide bonds. The van der Waals surface area contributed by atoms with Gasteiger partial charge in [0.05, 0.1) is 19.2 Å². The zero-order chi connectivity index (χ0) is 20.2. The Hall–Kier alpha value is -2.08. The van der Waals surface area contributed by atoms with Crippen LogP contribution in [0.1, 0.15) is 29.7 Å². The number of carbonyl (C=O) groups excluding carboxylic acids is 1. The van der Waals surface area contributed by atoms with Gasteiger partial charge in [0.25, 0.3) is 0 Å². The van der Waals surface area contributed by atoms with Gasteiger partial charge in [0, 0.05) is 44.2 Å². The number of ether oxygens (including phenoxy) is 1. The highest BCUT2D eigenvalue weighted by molar-refractivity contribution is 6.30. The van der Waals surface area contributed by atoms with E-state index in [0.29, 0.717) is 11.6 Å². The molecule has 0 aromatic heterocycles. The van der Waals surface area contributed by atoms with Crippen molar-refractivity contribution in [1.29, 1.82) is 0 Å². The van der Waals surface area contributed by atoms with E-state index in [1.54, 1.807) is 0 Å². The summed E-state index contributed by atoms with van der Waals surface area (Å²) in [7, 11) is 0. The molecule has 1 N–H and O–H groups in total. The molecule has 0 unspecified atom stereocenters. The first-order chi connectivity index (χ1) is 14.1. The summed E-state index contributed by atoms with van der Waals surface area (Å²) >= 11 is 5.93. The van der Waals surface area contributed by atoms with Gasteiger partial charge in [0.2, 0.25) is 5.91 Å². The smallest absolute Gasteiger partial charge is 0.234 e. The number of hydrogen-bond acceptors (Lipinski definition) is 4. The summed E-state index contributed by atoms with van der Waals surface area (Å²) in [4.78, 5) is 17.1. The summed E-state index contributed by atoms with van der Waals surface area (Å²) in [6, 6.07) is 14.1. The van der Waals surface area contributed by atoms with E-state index in [1.165, 1.54) is 11.1 Å². The molecular formula is C23H28ClN3O2. The molecule has 0 radical (unpaired) electrons. The highest BCUT2D eigenvalue weighted by Gasteiger charge is 2.21. The molecule has 154 valence electrons. The summed E-state index contributed by atoms with van der Waals surface area (Å²) in [5.41, 5.74) is 3.73. The molecule has 6 heteroatoms. The fourth-order valence-corrected chi connectivity index (χ4v) is 4.15. The van der Waals surface area contributed by atoms with E-state index in [2.05, 4.69) is 33.3 Å². The van der Waals surface area contributed by atoms with Crippen molar-refractivity contribution < 1.29 is 9.53 Å². The van der Waals surface area contributed by atoms with Crippen LogP contribution in [-0.2, 0) is 17.8 Å². The Morgan fingerprint density at radius 2 is 1.83 bits per heavy atom. The van der Waals surface area contributed by atoms with E-state index in [1.807, 2.05) is 31.2 Å². The molecule has 2 aliphatic heterocycles. The van der Waals surface area contributed by atoms with Gasteiger partial charge in [-0.05, 0) is 41.8 Å². The van der Waals surface area contributed by atoms with Crippen LogP contribution in [0.4, 0.5) is 0 Å². The molecule has 1 atom stereocenters. The number of fused-ring (bicyclic) bond motifs is 1. The van der Waals surface area contributed by atoms with Gasteiger partial charge in [-0.2, -0.15) is 0 Å². The largest absolute Gasteiger partial charge is 0.493 e. The van der Waals surface area contributed by atoms with Crippen LogP contribution in [0.3, 0.4) is 0 Å². The van der Waals surface area contributed by atoms with E-state index in [9.17, 15) is 4.79 Å². The number of piperazine rings is 1. The average molecular weight is 414 g/mol. The number of halogens is 1. The SMILES string of the molecule is C[C@@H](NC(=O)CN1CCN(Cc2ccc3c(c2)CCO3)CC1)c1ccc(Cl)cc1. The maximum absolute atomic E-state index is 12.4. The summed E-state index contributed by atoms with van der Waals surface area (Å²) < 4.78 is 5.59. The van der Waals surface area contributed by atoms with Gasteiger partial charge in [0.15, 0.2) is 0 Å². The van der Waals surface area contributed by atoms with Gasteiger partial charge in [-0.15, -0.1) is 0 Å². The summed E-state index contributed by atoms with van der Waals surface area (Å²) in [5, 5.41) is 3.80. The van der Waals surface area contributed by atoms with Crippen LogP contribution < -0.4 is 10.1 Å². The molecule has 2 aliphatic rings. The second-order valence-electron chi connectivity index (χ2n) is 7.93. The predicted molar refractivity (Wildman–Crippen MR) is 115 cm³/mol. The topological polar surface area (TPSA) is 44.8 Å². The third-order valence-electron chi connectivity index (χ3n) is 5.74. The molecule has 0 bridgehead atoms. The minimum atomic E-state index is -0.0233. The average Bonchev–Trinajstić information content (AvgIpc) is 3.18. The number of amides is 1. The molecule has 0 aliphatic carbocycles. The van der Waals surface area contributed by atoms with Crippen molar-refractivity contribution in [1.82, 2.24) is 15.1 Å². The van der Waals surface area contributed by atoms with E-state index < -0.39 is 0 Å². The standard InChI is InChI=1S/C23H28ClN3O2/c1-17(19-3-5-21(24)6-4-19)25-23(28)16-27-11-9-26(10-12-27)15-18-2-7-22-20(14-18)8-13-29-22/h2-7,14,17H,8-13,15-16H2,1H3,(H,25,28)/t17-/m1/s1. The van der Waals surface area contributed by atoms with Gasteiger partial charge >= 0.3 is 0 Å². The minimum Gasteiger partial charge on any atom is -0.493 e. The van der Waals surface area contributed by atoms with Crippen LogP contribution in [0, 0.1) is 0 Å². The maximum Gasteiger partial charge on any atom is 0.234 e. The molecule has 2 heterocycles. The molecule has 2 aromatic carbocycles. The van der Waals surface area contributed by atoms with Crippen molar-refractivity contribution in [2.45, 2.75) is 25.9 Å². The number of nitrogens with one attached hydrogen (secondary N) is 1. The number of nitrogens with zero attached hydrogens (tertiary/aromatic N) is 2. The number of hydrogen-bond donors (Lipinski definition) is 1. The minimum absolute atomic E-state index is 0.0233. The number of carbonyl (C=O) groups is 1. The Balaban J connectivity index is 1.21. The zero-order valence-corrected chi connectivity index (χ0v) is 17.6. The van der Waals surface area contributed by atoms with Crippen molar-refractivity contribution in [2.24, 2.45) is 0 Å². The monoisotopic (exact) mass is 413 g/mol. The van der Waals surface area contributed by atoms with E-state index in [-0.39, 0.29) is 11.9 Å². The van der Waals surface area contributed by atoms with Crippen LogP contribution in [0.2, 0.25) is 5.02 Å². The lowest BCUT2D eigenvalue weighted by molar-refractivity contribution is -0.123. The van der Waals surface area contributed by atoms with Gasteiger partial charge < -0.3 is 10.1 Å². The summed E-state index contributed by atoms with van der Waals surface area (Å²) in [5.74, 6) is 1.11. The molecule has 0 saturated carbocycles. The molecule has 29 heavy (non-hydrogen) atoms. The fourth-order valence-electron chi connectivity index (χ4n) is 4.03. The van der Waals surface area contributed by atoms with Crippen molar-refractivity contribution in [3.05, 3.63) is 64.2 Å². The Morgan fingerprint density at radius 1 is 1.10 bits per heavy atom. The van der Waals surface area contributed by atoms with Gasteiger partial charge in [-0.1, -0.05) is 35.9 Å². The lowest BCUT2D eigenvalue weighted by Gasteiger charge is -2.34. The van der Waals surface area contributed by atoms with Crippen LogP contribution >= 0.6 is 11.6 Å². The summed E-state index contributed by atoms with van der Waals surface area (Å²) in [6.45, 7) is 7.99. The van der Waals surface area contributed by atoms with Crippen molar-refractivity contribution in [2.75, 3.05) is 39.3 Å². The van der Waals surface area contributed by atoms with Gasteiger partial charge in [-0.3, -0.25) is 14.6 Å². The second kappa shape index (κ2) is 9.16. The highest BCUT2D eigenvalue weighted by Crippen LogP contribution is 2.26. The van der Waals surface area contributed by atoms with E-state index >= 15 is 0 Å². The quantitative estimate of drug-likeness (QED) is 0.789. The van der Waals surface area contributed by atoms with Crippen LogP contribution in [0.5, 0.6) is 5.75 Å². The normalized spacial score (nSPS) is 18.1. The number of benzene rings is 2. The maximum atomic E-state index is 12.4. The van der Waals surface area contributed by atoms with E-state index in [0.717, 1.165) is 57.1 Å². The molecule has 5 nitrogen and oxygen atoms in total. The second-order valence-corrected chi connectivity index (χ2v) is 8.37. The Labute approximate surface area is 177 Å². The van der Waals surface area contributed by atoms with Crippen molar-refractivity contribution >= 4 is 17.5 Å². The summed E-state index contributed by atoms with van der Waals surface area (Å²) in [6.07, 6.45) is 1.01. The Morgan fingerprint density at radius 3 is 2.59 bits per heavy atom. The molecule has 1 fully saturated rings. The lowest BCUT2D eigenvalue weighted by Crippen LogP contribution is -2.49. The first-order valence-corrected chi connectivity index (χ1v) is 10.7. The fraction of sp³-hybridized carbons (Fsp3) is 0.435. The first-order valence-electron chi connectivity index (χ1n) is 10.3. The number of rotatable bonds is 6. The van der Waals surface area contributed by atoms with E-state index in [4.69, 9.17) is 16.3 Å². The molecule has 4 rings (SSSR count). The van der Waals surface area contributed by atoms with Crippen LogP contribution in [-0.4, -0.2) is 55.0 Å². The van der Waals surface area contributed by atoms with Crippen LogP contribution in [0.15, 0.2) is 42.5 Å². The Bertz CT molecular complexity index is 848. The zero-order valence-electron chi connectivity index (χ0n) is 16.9.